The fourth-order valence-corrected chi connectivity index (χ4v) is 6.21. The van der Waals surface area contributed by atoms with E-state index in [4.69, 9.17) is 9.47 Å². The first kappa shape index (κ1) is 34.1. The number of hydrogen-bond acceptors (Lipinski definition) is 7. The Hall–Kier alpha value is -3.81. The number of carbonyl (C=O) groups is 1. The summed E-state index contributed by atoms with van der Waals surface area (Å²) in [5.41, 5.74) is 0.689. The van der Waals surface area contributed by atoms with Gasteiger partial charge in [-0.1, -0.05) is 19.1 Å². The number of carbonyl (C=O) groups excluding carboxylic acids is 1. The summed E-state index contributed by atoms with van der Waals surface area (Å²) in [6.45, 7) is 4.47. The van der Waals surface area contributed by atoms with Crippen LogP contribution in [0.2, 0.25) is 0 Å². The number of amides is 1. The molecule has 0 aliphatic carbocycles. The van der Waals surface area contributed by atoms with Crippen LogP contribution in [-0.4, -0.2) is 75.2 Å². The first-order valence-electron chi connectivity index (χ1n) is 14.4. The van der Waals surface area contributed by atoms with Gasteiger partial charge in [-0.15, -0.1) is 0 Å². The maximum Gasteiger partial charge on any atom is 0.416 e. The Morgan fingerprint density at radius 3 is 2.38 bits per heavy atom. The molecule has 0 fully saturated rings. The van der Waals surface area contributed by atoms with Gasteiger partial charge in [0.15, 0.2) is 0 Å². The number of hydrogen-bond donors (Lipinski definition) is 2. The second-order valence-corrected chi connectivity index (χ2v) is 13.1. The number of likely N-dealkylation sites (N-methyl/N-ethyl adjacent to an activating group) is 1. The second-order valence-electron chi connectivity index (χ2n) is 11.4. The highest BCUT2D eigenvalue weighted by Gasteiger charge is 2.32. The summed E-state index contributed by atoms with van der Waals surface area (Å²) in [5.74, 6) is 0.477. The van der Waals surface area contributed by atoms with E-state index in [1.165, 1.54) is 43.5 Å². The molecule has 3 aromatic carbocycles. The number of methoxy groups -OCH3 is 1. The average molecular weight is 650 g/mol. The Balaban J connectivity index is 1.59. The van der Waals surface area contributed by atoms with Crippen molar-refractivity contribution < 1.29 is 41.0 Å². The number of benzene rings is 3. The van der Waals surface area contributed by atoms with Crippen molar-refractivity contribution in [3.63, 3.8) is 0 Å². The number of nitrogens with one attached hydrogen (secondary N) is 1. The lowest BCUT2D eigenvalue weighted by Gasteiger charge is -2.34. The minimum Gasteiger partial charge on any atom is -0.497 e. The standard InChI is InChI=1S/C32H38F3N3O6S/c1-21-17-38(22(2)20-39)31(40)16-24-15-26(36-45(41,42)28-12-10-27(43-4)11-13-28)9-14-29(24)44-30(21)19-37(3)18-23-5-7-25(8-6-23)32(33,34)35/h5-15,21-22,30,36,39H,16-20H2,1-4H3/t21-,22-,30+/m1/s1. The van der Waals surface area contributed by atoms with Crippen LogP contribution in [-0.2, 0) is 34.0 Å². The molecule has 3 aromatic rings. The van der Waals surface area contributed by atoms with Crippen molar-refractivity contribution >= 4 is 21.6 Å². The maximum atomic E-state index is 13.5. The highest BCUT2D eigenvalue weighted by Crippen LogP contribution is 2.31. The van der Waals surface area contributed by atoms with E-state index in [2.05, 4.69) is 4.72 Å². The zero-order chi connectivity index (χ0) is 32.9. The molecule has 1 aliphatic rings. The fourth-order valence-electron chi connectivity index (χ4n) is 5.16. The normalized spacial score (nSPS) is 18.3. The van der Waals surface area contributed by atoms with E-state index in [1.54, 1.807) is 30.0 Å². The number of aliphatic hydroxyl groups excluding tert-OH is 1. The molecule has 9 nitrogen and oxygen atoms in total. The number of sulfonamides is 1. The number of alkyl halides is 3. The molecule has 0 spiro atoms. The third kappa shape index (κ3) is 8.68. The number of aliphatic hydroxyl groups is 1. The molecule has 0 bridgehead atoms. The van der Waals surface area contributed by atoms with Gasteiger partial charge >= 0.3 is 6.18 Å². The van der Waals surface area contributed by atoms with Crippen LogP contribution in [0.3, 0.4) is 0 Å². The summed E-state index contributed by atoms with van der Waals surface area (Å²) in [5, 5.41) is 9.89. The molecule has 0 unspecified atom stereocenters. The summed E-state index contributed by atoms with van der Waals surface area (Å²) >= 11 is 0. The smallest absolute Gasteiger partial charge is 0.416 e. The number of halogens is 3. The van der Waals surface area contributed by atoms with Gasteiger partial charge in [0, 0.05) is 36.8 Å². The van der Waals surface area contributed by atoms with E-state index in [0.717, 1.165) is 12.1 Å². The molecule has 45 heavy (non-hydrogen) atoms. The third-order valence-electron chi connectivity index (χ3n) is 7.76. The van der Waals surface area contributed by atoms with E-state index < -0.39 is 33.9 Å². The van der Waals surface area contributed by atoms with Crippen LogP contribution in [0.1, 0.15) is 30.5 Å². The molecular formula is C32H38F3N3O6S. The quantitative estimate of drug-likeness (QED) is 0.325. The van der Waals surface area contributed by atoms with Gasteiger partial charge in [0.25, 0.3) is 10.0 Å². The van der Waals surface area contributed by atoms with Gasteiger partial charge in [-0.25, -0.2) is 8.42 Å². The Morgan fingerprint density at radius 1 is 1.11 bits per heavy atom. The van der Waals surface area contributed by atoms with Crippen molar-refractivity contribution in [2.45, 2.75) is 50.0 Å². The van der Waals surface area contributed by atoms with Crippen molar-refractivity contribution in [2.24, 2.45) is 5.92 Å². The third-order valence-corrected chi connectivity index (χ3v) is 9.16. The monoisotopic (exact) mass is 649 g/mol. The van der Waals surface area contributed by atoms with Gasteiger partial charge in [-0.05, 0) is 74.1 Å². The summed E-state index contributed by atoms with van der Waals surface area (Å²) < 4.78 is 79.3. The zero-order valence-corrected chi connectivity index (χ0v) is 26.4. The molecule has 0 saturated heterocycles. The Bertz CT molecular complexity index is 1570. The molecule has 0 saturated carbocycles. The number of nitrogens with zero attached hydrogens (tertiary/aromatic N) is 2. The van der Waals surface area contributed by atoms with Crippen LogP contribution < -0.4 is 14.2 Å². The molecule has 244 valence electrons. The number of rotatable bonds is 10. The molecule has 2 N–H and O–H groups in total. The van der Waals surface area contributed by atoms with Gasteiger partial charge in [-0.2, -0.15) is 13.2 Å². The summed E-state index contributed by atoms with van der Waals surface area (Å²) in [6.07, 6.45) is -4.95. The van der Waals surface area contributed by atoms with Crippen LogP contribution in [0, 0.1) is 5.92 Å². The molecule has 1 aliphatic heterocycles. The Kier molecular flexibility index (Phi) is 10.7. The van der Waals surface area contributed by atoms with E-state index in [-0.39, 0.29) is 35.4 Å². The van der Waals surface area contributed by atoms with E-state index >= 15 is 0 Å². The summed E-state index contributed by atoms with van der Waals surface area (Å²) in [4.78, 5) is 17.1. The van der Waals surface area contributed by atoms with Crippen molar-refractivity contribution in [1.82, 2.24) is 9.80 Å². The van der Waals surface area contributed by atoms with Gasteiger partial charge in [-0.3, -0.25) is 14.4 Å². The second kappa shape index (κ2) is 14.1. The summed E-state index contributed by atoms with van der Waals surface area (Å²) in [6, 6.07) is 15.2. The zero-order valence-electron chi connectivity index (χ0n) is 25.5. The minimum atomic E-state index is -4.41. The highest BCUT2D eigenvalue weighted by atomic mass is 32.2. The van der Waals surface area contributed by atoms with Crippen molar-refractivity contribution in [3.8, 4) is 11.5 Å². The van der Waals surface area contributed by atoms with Crippen LogP contribution in [0.4, 0.5) is 18.9 Å². The van der Waals surface area contributed by atoms with Gasteiger partial charge in [0.1, 0.15) is 17.6 Å². The van der Waals surface area contributed by atoms with Crippen LogP contribution in [0.25, 0.3) is 0 Å². The molecule has 1 heterocycles. The SMILES string of the molecule is COc1ccc(S(=O)(=O)Nc2ccc3c(c2)CC(=O)N([C@H](C)CO)C[C@@H](C)[C@H](CN(C)Cc2ccc(C(F)(F)F)cc2)O3)cc1. The number of anilines is 1. The van der Waals surface area contributed by atoms with Crippen LogP contribution in [0.5, 0.6) is 11.5 Å². The first-order valence-corrected chi connectivity index (χ1v) is 15.9. The largest absolute Gasteiger partial charge is 0.497 e. The van der Waals surface area contributed by atoms with Gasteiger partial charge in [0.05, 0.1) is 36.6 Å². The van der Waals surface area contributed by atoms with Gasteiger partial charge < -0.3 is 19.5 Å². The first-order chi connectivity index (χ1) is 21.2. The highest BCUT2D eigenvalue weighted by molar-refractivity contribution is 7.92. The molecule has 0 aromatic heterocycles. The van der Waals surface area contributed by atoms with E-state index in [1.807, 2.05) is 18.9 Å². The van der Waals surface area contributed by atoms with Crippen molar-refractivity contribution in [2.75, 3.05) is 38.6 Å². The fraction of sp³-hybridized carbons (Fsp3) is 0.406. The Labute approximate surface area is 261 Å². The molecule has 1 amide bonds. The predicted molar refractivity (Wildman–Crippen MR) is 164 cm³/mol. The van der Waals surface area contributed by atoms with E-state index in [9.17, 15) is 31.5 Å². The van der Waals surface area contributed by atoms with E-state index in [0.29, 0.717) is 42.3 Å². The van der Waals surface area contributed by atoms with Gasteiger partial charge in [0.2, 0.25) is 5.91 Å². The topological polar surface area (TPSA) is 108 Å². The van der Waals surface area contributed by atoms with Crippen molar-refractivity contribution in [3.05, 3.63) is 83.4 Å². The predicted octanol–water partition coefficient (Wildman–Crippen LogP) is 4.80. The van der Waals surface area contributed by atoms with Crippen LogP contribution in [0.15, 0.2) is 71.6 Å². The molecule has 3 atom stereocenters. The lowest BCUT2D eigenvalue weighted by molar-refractivity contribution is -0.137. The average Bonchev–Trinajstić information content (AvgIpc) is 3.03. The Morgan fingerprint density at radius 2 is 1.78 bits per heavy atom. The maximum absolute atomic E-state index is 13.5. The molecule has 4 rings (SSSR count). The summed E-state index contributed by atoms with van der Waals surface area (Å²) in [7, 11) is -0.637. The molecule has 13 heteroatoms. The number of fused-ring (bicyclic) bond motifs is 1. The number of ether oxygens (including phenoxy) is 2. The minimum absolute atomic E-state index is 0.0343. The van der Waals surface area contributed by atoms with Crippen molar-refractivity contribution in [1.29, 1.82) is 0 Å². The molecule has 0 radical (unpaired) electrons. The molecular weight excluding hydrogens is 611 g/mol. The van der Waals surface area contributed by atoms with Crippen LogP contribution >= 0.6 is 0 Å². The lowest BCUT2D eigenvalue weighted by Crippen LogP contribution is -2.47. The lowest BCUT2D eigenvalue weighted by atomic mass is 10.0.